The van der Waals surface area contributed by atoms with E-state index in [4.69, 9.17) is 0 Å². The van der Waals surface area contributed by atoms with Crippen LogP contribution in [0.25, 0.3) is 16.7 Å². The summed E-state index contributed by atoms with van der Waals surface area (Å²) in [6, 6.07) is 14.0. The lowest BCUT2D eigenvalue weighted by Crippen LogP contribution is -2.24. The SMILES string of the molecule is CC(C)CCn1c(=O)c2ccccc2n2c(SCc3ccc([N+](=O)[O-])cc3)nnc12. The van der Waals surface area contributed by atoms with Gasteiger partial charge in [0.1, 0.15) is 0 Å². The molecule has 0 saturated heterocycles. The lowest BCUT2D eigenvalue weighted by Gasteiger charge is -2.12. The van der Waals surface area contributed by atoms with Crippen molar-refractivity contribution in [1.29, 1.82) is 0 Å². The summed E-state index contributed by atoms with van der Waals surface area (Å²) in [6.45, 7) is 4.83. The van der Waals surface area contributed by atoms with Crippen LogP contribution in [-0.4, -0.2) is 24.1 Å². The number of fused-ring (bicyclic) bond motifs is 3. The van der Waals surface area contributed by atoms with Gasteiger partial charge in [0.2, 0.25) is 5.78 Å². The van der Waals surface area contributed by atoms with Crippen LogP contribution in [0.2, 0.25) is 0 Å². The molecule has 0 spiro atoms. The standard InChI is InChI=1S/C21H21N5O3S/c1-14(2)11-12-24-19(27)17-5-3-4-6-18(17)25-20(24)22-23-21(25)30-13-15-7-9-16(10-8-15)26(28)29/h3-10,14H,11-13H2,1-2H3. The number of aromatic nitrogens is 4. The molecule has 0 fully saturated rings. The molecule has 4 rings (SSSR count). The number of nitro groups is 1. The average molecular weight is 423 g/mol. The van der Waals surface area contributed by atoms with Crippen LogP contribution in [0.5, 0.6) is 0 Å². The maximum atomic E-state index is 13.1. The molecule has 0 aliphatic heterocycles. The van der Waals surface area contributed by atoms with Crippen LogP contribution < -0.4 is 5.56 Å². The van der Waals surface area contributed by atoms with Crippen molar-refractivity contribution >= 4 is 34.1 Å². The van der Waals surface area contributed by atoms with E-state index in [2.05, 4.69) is 24.0 Å². The Labute approximate surface area is 176 Å². The molecular formula is C21H21N5O3S. The second-order valence-electron chi connectivity index (χ2n) is 7.49. The Morgan fingerprint density at radius 3 is 2.53 bits per heavy atom. The molecule has 2 aromatic carbocycles. The molecule has 0 N–H and O–H groups in total. The fourth-order valence-electron chi connectivity index (χ4n) is 3.28. The number of hydrogen-bond acceptors (Lipinski definition) is 6. The summed E-state index contributed by atoms with van der Waals surface area (Å²) in [5.41, 5.74) is 1.73. The smallest absolute Gasteiger partial charge is 0.269 e. The average Bonchev–Trinajstić information content (AvgIpc) is 3.16. The third-order valence-corrected chi connectivity index (χ3v) is 5.92. The van der Waals surface area contributed by atoms with Crippen LogP contribution in [0.4, 0.5) is 5.69 Å². The zero-order valence-corrected chi connectivity index (χ0v) is 17.5. The third-order valence-electron chi connectivity index (χ3n) is 4.92. The largest absolute Gasteiger partial charge is 0.276 e. The molecule has 0 radical (unpaired) electrons. The summed E-state index contributed by atoms with van der Waals surface area (Å²) in [5.74, 6) is 1.57. The van der Waals surface area contributed by atoms with E-state index in [9.17, 15) is 14.9 Å². The highest BCUT2D eigenvalue weighted by Gasteiger charge is 2.17. The van der Waals surface area contributed by atoms with Gasteiger partial charge in [-0.2, -0.15) is 0 Å². The summed E-state index contributed by atoms with van der Waals surface area (Å²) < 4.78 is 3.62. The predicted octanol–water partition coefficient (Wildman–Crippen LogP) is 4.29. The molecule has 9 heteroatoms. The Bertz CT molecular complexity index is 1280. The first kappa shape index (κ1) is 20.1. The van der Waals surface area contributed by atoms with Crippen molar-refractivity contribution in [3.63, 3.8) is 0 Å². The van der Waals surface area contributed by atoms with Gasteiger partial charge in [-0.15, -0.1) is 10.2 Å². The fourth-order valence-corrected chi connectivity index (χ4v) is 4.17. The Hall–Kier alpha value is -3.20. The van der Waals surface area contributed by atoms with Gasteiger partial charge >= 0.3 is 0 Å². The summed E-state index contributed by atoms with van der Waals surface area (Å²) in [6.07, 6.45) is 0.867. The molecular weight excluding hydrogens is 402 g/mol. The minimum absolute atomic E-state index is 0.0573. The molecule has 0 saturated carbocycles. The van der Waals surface area contributed by atoms with E-state index in [0.717, 1.165) is 17.5 Å². The topological polar surface area (TPSA) is 95.3 Å². The fraction of sp³-hybridized carbons (Fsp3) is 0.286. The van der Waals surface area contributed by atoms with Crippen LogP contribution >= 0.6 is 11.8 Å². The molecule has 0 bridgehead atoms. The van der Waals surface area contributed by atoms with Crippen LogP contribution in [-0.2, 0) is 12.3 Å². The van der Waals surface area contributed by atoms with Gasteiger partial charge in [0.05, 0.1) is 15.8 Å². The molecule has 2 aromatic heterocycles. The first-order valence-corrected chi connectivity index (χ1v) is 10.7. The summed E-state index contributed by atoms with van der Waals surface area (Å²) in [5, 5.41) is 20.8. The molecule has 0 aliphatic carbocycles. The molecule has 30 heavy (non-hydrogen) atoms. The van der Waals surface area contributed by atoms with Crippen molar-refractivity contribution in [3.8, 4) is 0 Å². The number of hydrogen-bond donors (Lipinski definition) is 0. The van der Waals surface area contributed by atoms with Crippen molar-refractivity contribution in [1.82, 2.24) is 19.2 Å². The monoisotopic (exact) mass is 423 g/mol. The van der Waals surface area contributed by atoms with E-state index in [-0.39, 0.29) is 11.2 Å². The first-order chi connectivity index (χ1) is 14.5. The van der Waals surface area contributed by atoms with Crippen molar-refractivity contribution in [2.75, 3.05) is 0 Å². The lowest BCUT2D eigenvalue weighted by molar-refractivity contribution is -0.384. The predicted molar refractivity (Wildman–Crippen MR) is 117 cm³/mol. The zero-order chi connectivity index (χ0) is 21.3. The van der Waals surface area contributed by atoms with Gasteiger partial charge in [0.15, 0.2) is 5.16 Å². The second-order valence-corrected chi connectivity index (χ2v) is 8.43. The van der Waals surface area contributed by atoms with Gasteiger partial charge in [0.25, 0.3) is 11.2 Å². The molecule has 8 nitrogen and oxygen atoms in total. The number of rotatable bonds is 7. The maximum Gasteiger partial charge on any atom is 0.269 e. The van der Waals surface area contributed by atoms with Gasteiger partial charge < -0.3 is 0 Å². The molecule has 0 amide bonds. The van der Waals surface area contributed by atoms with Crippen molar-refractivity contribution in [2.45, 2.75) is 37.7 Å². The highest BCUT2D eigenvalue weighted by molar-refractivity contribution is 7.98. The van der Waals surface area contributed by atoms with Crippen LogP contribution in [0, 0.1) is 16.0 Å². The van der Waals surface area contributed by atoms with Gasteiger partial charge in [-0.3, -0.25) is 23.9 Å². The first-order valence-electron chi connectivity index (χ1n) is 9.68. The van der Waals surface area contributed by atoms with Gasteiger partial charge in [-0.25, -0.2) is 0 Å². The van der Waals surface area contributed by atoms with E-state index in [1.165, 1.54) is 23.9 Å². The van der Waals surface area contributed by atoms with Crippen LogP contribution in [0.3, 0.4) is 0 Å². The third kappa shape index (κ3) is 3.80. The molecule has 0 atom stereocenters. The van der Waals surface area contributed by atoms with E-state index in [1.54, 1.807) is 16.7 Å². The summed E-state index contributed by atoms with van der Waals surface area (Å²) >= 11 is 1.48. The summed E-state index contributed by atoms with van der Waals surface area (Å²) in [7, 11) is 0. The molecule has 2 heterocycles. The molecule has 0 unspecified atom stereocenters. The Kier molecular flexibility index (Phi) is 5.54. The van der Waals surface area contributed by atoms with E-state index in [1.807, 2.05) is 28.7 Å². The lowest BCUT2D eigenvalue weighted by atomic mass is 10.1. The maximum absolute atomic E-state index is 13.1. The minimum Gasteiger partial charge on any atom is -0.276 e. The molecule has 154 valence electrons. The van der Waals surface area contributed by atoms with E-state index >= 15 is 0 Å². The van der Waals surface area contributed by atoms with Crippen molar-refractivity contribution < 1.29 is 4.92 Å². The number of nitrogens with zero attached hydrogens (tertiary/aromatic N) is 5. The number of thioether (sulfide) groups is 1. The summed E-state index contributed by atoms with van der Waals surface area (Å²) in [4.78, 5) is 23.5. The van der Waals surface area contributed by atoms with Crippen molar-refractivity contribution in [2.24, 2.45) is 5.92 Å². The Morgan fingerprint density at radius 1 is 1.10 bits per heavy atom. The number of non-ortho nitro benzene ring substituents is 1. The van der Waals surface area contributed by atoms with Gasteiger partial charge in [-0.05, 0) is 30.0 Å². The van der Waals surface area contributed by atoms with Crippen LogP contribution in [0.1, 0.15) is 25.8 Å². The van der Waals surface area contributed by atoms with Gasteiger partial charge in [-0.1, -0.05) is 49.9 Å². The number of nitro benzene ring substituents is 1. The number of benzene rings is 2. The van der Waals surface area contributed by atoms with Crippen LogP contribution in [0.15, 0.2) is 58.5 Å². The minimum atomic E-state index is -0.411. The highest BCUT2D eigenvalue weighted by Crippen LogP contribution is 2.25. The van der Waals surface area contributed by atoms with E-state index < -0.39 is 4.92 Å². The van der Waals surface area contributed by atoms with Crippen molar-refractivity contribution in [3.05, 3.63) is 74.6 Å². The molecule has 4 aromatic rings. The highest BCUT2D eigenvalue weighted by atomic mass is 32.2. The normalized spacial score (nSPS) is 11.6. The van der Waals surface area contributed by atoms with E-state index in [0.29, 0.717) is 34.5 Å². The Balaban J connectivity index is 1.74. The quantitative estimate of drug-likeness (QED) is 0.250. The second kappa shape index (κ2) is 8.27. The number of aryl methyl sites for hydroxylation is 1. The number of para-hydroxylation sites is 1. The Morgan fingerprint density at radius 2 is 1.83 bits per heavy atom. The van der Waals surface area contributed by atoms with Gasteiger partial charge in [0, 0.05) is 24.4 Å². The zero-order valence-electron chi connectivity index (χ0n) is 16.7. The molecule has 0 aliphatic rings.